The van der Waals surface area contributed by atoms with Crippen LogP contribution in [0.1, 0.15) is 33.6 Å². The molecule has 1 fully saturated rings. The number of hydrogen-bond donors (Lipinski definition) is 0. The number of para-hydroxylation sites is 1. The molecule has 1 saturated heterocycles. The summed E-state index contributed by atoms with van der Waals surface area (Å²) in [6, 6.07) is 8.26. The lowest BCUT2D eigenvalue weighted by atomic mass is 9.98. The number of rotatable bonds is 3. The molecule has 1 amide bonds. The van der Waals surface area contributed by atoms with E-state index >= 15 is 0 Å². The molecule has 0 unspecified atom stereocenters. The van der Waals surface area contributed by atoms with Crippen molar-refractivity contribution in [1.82, 2.24) is 9.88 Å². The van der Waals surface area contributed by atoms with Crippen LogP contribution in [0.2, 0.25) is 0 Å². The van der Waals surface area contributed by atoms with Gasteiger partial charge in [-0.1, -0.05) is 23.5 Å². The lowest BCUT2D eigenvalue weighted by Crippen LogP contribution is -2.43. The van der Waals surface area contributed by atoms with Crippen LogP contribution in [0.4, 0.5) is 9.93 Å². The molecule has 1 aromatic carbocycles. The van der Waals surface area contributed by atoms with Crippen LogP contribution in [0.3, 0.4) is 0 Å². The van der Waals surface area contributed by atoms with E-state index in [0.29, 0.717) is 5.92 Å². The van der Waals surface area contributed by atoms with Gasteiger partial charge in [0.15, 0.2) is 5.13 Å². The Balaban J connectivity index is 1.62. The van der Waals surface area contributed by atoms with Gasteiger partial charge in [-0.2, -0.15) is 0 Å². The minimum atomic E-state index is -0.453. The van der Waals surface area contributed by atoms with Crippen LogP contribution in [0.5, 0.6) is 0 Å². The first-order chi connectivity index (χ1) is 11.8. The molecule has 0 spiro atoms. The molecule has 2 heterocycles. The zero-order valence-corrected chi connectivity index (χ0v) is 16.3. The summed E-state index contributed by atoms with van der Waals surface area (Å²) in [6.45, 7) is 8.38. The second-order valence-corrected chi connectivity index (χ2v) is 8.79. The predicted molar refractivity (Wildman–Crippen MR) is 103 cm³/mol. The molecular weight excluding hydrogens is 334 g/mol. The molecule has 25 heavy (non-hydrogen) atoms. The largest absolute Gasteiger partial charge is 0.444 e. The van der Waals surface area contributed by atoms with Crippen molar-refractivity contribution in [2.24, 2.45) is 5.92 Å². The molecule has 1 aromatic heterocycles. The topological polar surface area (TPSA) is 45.7 Å². The first-order valence-electron chi connectivity index (χ1n) is 8.86. The van der Waals surface area contributed by atoms with E-state index < -0.39 is 5.60 Å². The van der Waals surface area contributed by atoms with Gasteiger partial charge in [0.2, 0.25) is 0 Å². The normalized spacial score (nSPS) is 18.4. The third-order valence-electron chi connectivity index (χ3n) is 4.31. The molecule has 136 valence electrons. The van der Waals surface area contributed by atoms with E-state index in [1.54, 1.807) is 16.2 Å². The lowest BCUT2D eigenvalue weighted by Gasteiger charge is -2.35. The second-order valence-electron chi connectivity index (χ2n) is 7.78. The maximum absolute atomic E-state index is 12.2. The summed E-state index contributed by atoms with van der Waals surface area (Å²) in [4.78, 5) is 21.0. The molecule has 0 radical (unpaired) electrons. The SMILES string of the molecule is CN(C[C@H]1CCCN(c2nc3ccccc3s2)C1)C(=O)OC(C)(C)C. The molecule has 6 heteroatoms. The van der Waals surface area contributed by atoms with Crippen molar-refractivity contribution in [3.8, 4) is 0 Å². The Morgan fingerprint density at radius 3 is 2.88 bits per heavy atom. The summed E-state index contributed by atoms with van der Waals surface area (Å²) < 4.78 is 6.68. The number of thiazole rings is 1. The Bertz CT molecular complexity index is 705. The Hall–Kier alpha value is -1.82. The predicted octanol–water partition coefficient (Wildman–Crippen LogP) is 4.38. The Kier molecular flexibility index (Phi) is 5.18. The molecule has 0 saturated carbocycles. The van der Waals surface area contributed by atoms with Crippen LogP contribution in [0.25, 0.3) is 10.2 Å². The lowest BCUT2D eigenvalue weighted by molar-refractivity contribution is 0.0269. The van der Waals surface area contributed by atoms with Crippen molar-refractivity contribution in [2.75, 3.05) is 31.6 Å². The molecule has 3 rings (SSSR count). The summed E-state index contributed by atoms with van der Waals surface area (Å²) in [7, 11) is 1.82. The molecule has 0 aliphatic carbocycles. The maximum Gasteiger partial charge on any atom is 0.410 e. The zero-order chi connectivity index (χ0) is 18.0. The molecule has 0 bridgehead atoms. The standard InChI is InChI=1S/C19H27N3O2S/c1-19(2,3)24-18(23)21(4)12-14-8-7-11-22(13-14)17-20-15-9-5-6-10-16(15)25-17/h5-6,9-10,14H,7-8,11-13H2,1-4H3/t14-/m1/s1. The fourth-order valence-corrected chi connectivity index (χ4v) is 4.19. The van der Waals surface area contributed by atoms with Gasteiger partial charge in [0.1, 0.15) is 5.60 Å². The summed E-state index contributed by atoms with van der Waals surface area (Å²) in [5.41, 5.74) is 0.612. The zero-order valence-electron chi connectivity index (χ0n) is 15.5. The number of carbonyl (C=O) groups excluding carboxylic acids is 1. The van der Waals surface area contributed by atoms with Crippen molar-refractivity contribution in [1.29, 1.82) is 0 Å². The van der Waals surface area contributed by atoms with Gasteiger partial charge in [0.25, 0.3) is 0 Å². The number of carbonyl (C=O) groups is 1. The van der Waals surface area contributed by atoms with Crippen molar-refractivity contribution >= 4 is 32.8 Å². The van der Waals surface area contributed by atoms with Crippen molar-refractivity contribution < 1.29 is 9.53 Å². The number of aromatic nitrogens is 1. The molecular formula is C19H27N3O2S. The number of ether oxygens (including phenoxy) is 1. The number of piperidine rings is 1. The molecule has 2 aromatic rings. The monoisotopic (exact) mass is 361 g/mol. The minimum absolute atomic E-state index is 0.246. The average molecular weight is 362 g/mol. The number of nitrogens with zero attached hydrogens (tertiary/aromatic N) is 3. The van der Waals surface area contributed by atoms with Crippen molar-refractivity contribution in [3.05, 3.63) is 24.3 Å². The van der Waals surface area contributed by atoms with Crippen LogP contribution < -0.4 is 4.90 Å². The van der Waals surface area contributed by atoms with Crippen molar-refractivity contribution in [3.63, 3.8) is 0 Å². The molecule has 5 nitrogen and oxygen atoms in total. The van der Waals surface area contributed by atoms with Crippen LogP contribution in [-0.2, 0) is 4.74 Å². The minimum Gasteiger partial charge on any atom is -0.444 e. The maximum atomic E-state index is 12.2. The third kappa shape index (κ3) is 4.63. The van der Waals surface area contributed by atoms with E-state index in [2.05, 4.69) is 23.1 Å². The van der Waals surface area contributed by atoms with Gasteiger partial charge in [0.05, 0.1) is 10.2 Å². The molecule has 1 aliphatic heterocycles. The first-order valence-corrected chi connectivity index (χ1v) is 9.68. The van der Waals surface area contributed by atoms with Gasteiger partial charge in [0, 0.05) is 26.7 Å². The fraction of sp³-hybridized carbons (Fsp3) is 0.579. The smallest absolute Gasteiger partial charge is 0.410 e. The van der Waals surface area contributed by atoms with E-state index in [1.165, 1.54) is 4.70 Å². The number of anilines is 1. The number of hydrogen-bond acceptors (Lipinski definition) is 5. The first kappa shape index (κ1) is 18.0. The van der Waals surface area contributed by atoms with Crippen LogP contribution in [-0.4, -0.2) is 48.3 Å². The quantitative estimate of drug-likeness (QED) is 0.814. The fourth-order valence-electron chi connectivity index (χ4n) is 3.18. The van der Waals surface area contributed by atoms with E-state index in [9.17, 15) is 4.79 Å². The highest BCUT2D eigenvalue weighted by molar-refractivity contribution is 7.22. The van der Waals surface area contributed by atoms with E-state index in [-0.39, 0.29) is 6.09 Å². The number of amides is 1. The molecule has 1 aliphatic rings. The second kappa shape index (κ2) is 7.20. The van der Waals surface area contributed by atoms with Crippen molar-refractivity contribution in [2.45, 2.75) is 39.2 Å². The number of benzene rings is 1. The summed E-state index contributed by atoms with van der Waals surface area (Å²) in [6.07, 6.45) is 2.02. The van der Waals surface area contributed by atoms with E-state index in [4.69, 9.17) is 9.72 Å². The summed E-state index contributed by atoms with van der Waals surface area (Å²) >= 11 is 1.75. The van der Waals surface area contributed by atoms with Gasteiger partial charge in [-0.3, -0.25) is 0 Å². The summed E-state index contributed by atoms with van der Waals surface area (Å²) in [5, 5.41) is 1.09. The Labute approximate surface area is 153 Å². The highest BCUT2D eigenvalue weighted by atomic mass is 32.1. The Morgan fingerprint density at radius 2 is 2.16 bits per heavy atom. The summed E-state index contributed by atoms with van der Waals surface area (Å²) in [5.74, 6) is 0.443. The van der Waals surface area contributed by atoms with Gasteiger partial charge in [-0.05, 0) is 51.7 Å². The van der Waals surface area contributed by atoms with E-state index in [0.717, 1.165) is 43.1 Å². The highest BCUT2D eigenvalue weighted by Crippen LogP contribution is 2.31. The number of fused-ring (bicyclic) bond motifs is 1. The van der Waals surface area contributed by atoms with Gasteiger partial charge in [-0.25, -0.2) is 9.78 Å². The average Bonchev–Trinajstić information content (AvgIpc) is 2.97. The van der Waals surface area contributed by atoms with Gasteiger partial charge < -0.3 is 14.5 Å². The van der Waals surface area contributed by atoms with Crippen LogP contribution >= 0.6 is 11.3 Å². The van der Waals surface area contributed by atoms with Crippen LogP contribution in [0.15, 0.2) is 24.3 Å². The van der Waals surface area contributed by atoms with Crippen LogP contribution in [0, 0.1) is 5.92 Å². The third-order valence-corrected chi connectivity index (χ3v) is 5.41. The molecule has 0 N–H and O–H groups in total. The van der Waals surface area contributed by atoms with Gasteiger partial charge in [-0.15, -0.1) is 0 Å². The highest BCUT2D eigenvalue weighted by Gasteiger charge is 2.26. The van der Waals surface area contributed by atoms with E-state index in [1.807, 2.05) is 33.9 Å². The Morgan fingerprint density at radius 1 is 1.40 bits per heavy atom. The van der Waals surface area contributed by atoms with Gasteiger partial charge >= 0.3 is 6.09 Å². The molecule has 1 atom stereocenters.